The van der Waals surface area contributed by atoms with E-state index in [1.807, 2.05) is 0 Å². The molecule has 0 amide bonds. The molecule has 0 saturated carbocycles. The van der Waals surface area contributed by atoms with Gasteiger partial charge in [-0.3, -0.25) is 0 Å². The first kappa shape index (κ1) is 31.5. The molecule has 0 radical (unpaired) electrons. The first-order valence-electron chi connectivity index (χ1n) is 14.1. The Morgan fingerprint density at radius 1 is 0.541 bits per heavy atom. The summed E-state index contributed by atoms with van der Waals surface area (Å²) >= 11 is 0. The molecule has 0 atom stereocenters. The number of hydrogen-bond donors (Lipinski definition) is 0. The van der Waals surface area contributed by atoms with E-state index in [1.54, 1.807) is 0 Å². The maximum atomic E-state index is 5.88. The van der Waals surface area contributed by atoms with Crippen LogP contribution in [0.3, 0.4) is 0 Å². The Morgan fingerprint density at radius 3 is 1.32 bits per heavy atom. The molecule has 3 rings (SSSR count). The zero-order valence-corrected chi connectivity index (χ0v) is 24.5. The van der Waals surface area contributed by atoms with Crippen LogP contribution in [0.4, 0.5) is 0 Å². The molecular weight excluding hydrogens is 495 g/mol. The Balaban J connectivity index is 0.00000481. The number of hydrogen-bond acceptors (Lipinski definition) is 2. The summed E-state index contributed by atoms with van der Waals surface area (Å²) in [5.41, 5.74) is 0. The lowest BCUT2D eigenvalue weighted by Gasteiger charge is -2.27. The minimum Gasteiger partial charge on any atom is -1.00 e. The van der Waals surface area contributed by atoms with Crippen molar-refractivity contribution in [3.8, 4) is 0 Å². The topological polar surface area (TPSA) is 18.5 Å². The number of halogens is 1. The fourth-order valence-corrected chi connectivity index (χ4v) is 9.37. The highest BCUT2D eigenvalue weighted by Crippen LogP contribution is 2.56. The Morgan fingerprint density at radius 2 is 0.919 bits per heavy atom. The lowest BCUT2D eigenvalue weighted by molar-refractivity contribution is -0.146. The fraction of sp³-hybridized carbons (Fsp3) is 0.455. The zero-order chi connectivity index (χ0) is 25.3. The van der Waals surface area contributed by atoms with E-state index in [1.165, 1.54) is 60.6 Å². The molecule has 0 heterocycles. The Hall–Kier alpha value is -1.70. The Labute approximate surface area is 232 Å². The molecule has 0 N–H and O–H groups in total. The molecule has 0 fully saturated rings. The molecule has 0 bridgehead atoms. The summed E-state index contributed by atoms with van der Waals surface area (Å²) in [5.74, 6) is 0. The summed E-state index contributed by atoms with van der Waals surface area (Å²) in [4.78, 5) is 0. The monoisotopic (exact) mass is 540 g/mol. The van der Waals surface area contributed by atoms with E-state index in [2.05, 4.69) is 105 Å². The minimum absolute atomic E-state index is 0. The highest BCUT2D eigenvalue weighted by Gasteiger charge is 2.44. The molecule has 0 aliphatic rings. The second kappa shape index (κ2) is 18.5. The largest absolute Gasteiger partial charge is 1.00 e. The normalized spacial score (nSPS) is 11.4. The summed E-state index contributed by atoms with van der Waals surface area (Å²) in [6.45, 7) is 5.90. The van der Waals surface area contributed by atoms with Gasteiger partial charge in [0.05, 0.1) is 6.16 Å². The lowest BCUT2D eigenvalue weighted by Crippen LogP contribution is -3.00. The molecule has 3 aromatic rings. The van der Waals surface area contributed by atoms with Crippen LogP contribution in [0.1, 0.15) is 71.6 Å². The predicted octanol–water partition coefficient (Wildman–Crippen LogP) is 4.89. The molecule has 202 valence electrons. The van der Waals surface area contributed by atoms with Crippen LogP contribution >= 0.6 is 7.26 Å². The summed E-state index contributed by atoms with van der Waals surface area (Å²) in [5, 5.41) is 4.48. The number of benzene rings is 3. The quantitative estimate of drug-likeness (QED) is 0.130. The van der Waals surface area contributed by atoms with Crippen molar-refractivity contribution in [2.24, 2.45) is 0 Å². The average molecular weight is 541 g/mol. The van der Waals surface area contributed by atoms with Crippen molar-refractivity contribution in [3.05, 3.63) is 91.0 Å². The molecule has 0 spiro atoms. The van der Waals surface area contributed by atoms with Gasteiger partial charge in [0.15, 0.2) is 6.29 Å². The molecule has 4 heteroatoms. The molecule has 0 aliphatic heterocycles. The highest BCUT2D eigenvalue weighted by atomic mass is 35.5. The predicted molar refractivity (Wildman–Crippen MR) is 159 cm³/mol. The van der Waals surface area contributed by atoms with E-state index >= 15 is 0 Å². The van der Waals surface area contributed by atoms with Crippen LogP contribution in [0.5, 0.6) is 0 Å². The van der Waals surface area contributed by atoms with E-state index in [0.29, 0.717) is 0 Å². The number of rotatable bonds is 18. The van der Waals surface area contributed by atoms with Gasteiger partial charge in [-0.25, -0.2) is 0 Å². The third-order valence-corrected chi connectivity index (χ3v) is 11.3. The summed E-state index contributed by atoms with van der Waals surface area (Å²) < 4.78 is 11.8. The number of unbranched alkanes of at least 4 members (excludes halogenated alkanes) is 5. The minimum atomic E-state index is -1.68. The fourth-order valence-electron chi connectivity index (χ4n) is 4.96. The first-order valence-corrected chi connectivity index (χ1v) is 16.1. The zero-order valence-electron chi connectivity index (χ0n) is 22.9. The van der Waals surface area contributed by atoms with Crippen molar-refractivity contribution in [1.82, 2.24) is 0 Å². The maximum Gasteiger partial charge on any atom is 0.157 e. The first-order chi connectivity index (χ1) is 17.8. The maximum absolute atomic E-state index is 5.88. The molecular formula is C33H46ClO2P. The van der Waals surface area contributed by atoms with Crippen LogP contribution < -0.4 is 28.3 Å². The van der Waals surface area contributed by atoms with Gasteiger partial charge in [0.2, 0.25) is 0 Å². The van der Waals surface area contributed by atoms with Crippen molar-refractivity contribution >= 4 is 23.2 Å². The lowest BCUT2D eigenvalue weighted by atomic mass is 10.1. The van der Waals surface area contributed by atoms with E-state index in [9.17, 15) is 0 Å². The van der Waals surface area contributed by atoms with Crippen LogP contribution in [0.2, 0.25) is 0 Å². The highest BCUT2D eigenvalue weighted by molar-refractivity contribution is 7.95. The van der Waals surface area contributed by atoms with Gasteiger partial charge in [0, 0.05) is 13.2 Å². The summed E-state index contributed by atoms with van der Waals surface area (Å²) in [7, 11) is -1.68. The van der Waals surface area contributed by atoms with Gasteiger partial charge < -0.3 is 21.9 Å². The van der Waals surface area contributed by atoms with Crippen molar-refractivity contribution in [3.63, 3.8) is 0 Å². The summed E-state index contributed by atoms with van der Waals surface area (Å²) in [6.07, 6.45) is 11.9. The van der Waals surface area contributed by atoms with Gasteiger partial charge in [-0.1, -0.05) is 87.7 Å². The van der Waals surface area contributed by atoms with Crippen LogP contribution in [-0.2, 0) is 9.47 Å². The second-order valence-electron chi connectivity index (χ2n) is 9.62. The standard InChI is InChI=1S/C33H46O2P.ClH/c1-3-27-34-33(35-28-4-2)26-18-7-5-6-8-19-29-36(30-20-12-9-13-21-30,31-22-14-10-15-23-31)32-24-16-11-17-25-32;/h9-17,20-25,33H,3-8,18-19,26-29H2,1-2H3;1H/q+1;/p-1. The van der Waals surface area contributed by atoms with Crippen molar-refractivity contribution in [2.75, 3.05) is 19.4 Å². The van der Waals surface area contributed by atoms with Crippen LogP contribution in [0, 0.1) is 0 Å². The third-order valence-electron chi connectivity index (χ3n) is 6.79. The van der Waals surface area contributed by atoms with Crippen molar-refractivity contribution in [1.29, 1.82) is 0 Å². The third kappa shape index (κ3) is 9.84. The van der Waals surface area contributed by atoms with E-state index in [0.717, 1.165) is 32.5 Å². The van der Waals surface area contributed by atoms with Gasteiger partial charge in [-0.2, -0.15) is 0 Å². The second-order valence-corrected chi connectivity index (χ2v) is 13.2. The summed E-state index contributed by atoms with van der Waals surface area (Å²) in [6, 6.07) is 33.8. The van der Waals surface area contributed by atoms with Crippen molar-refractivity contribution < 1.29 is 21.9 Å². The molecule has 2 nitrogen and oxygen atoms in total. The van der Waals surface area contributed by atoms with Gasteiger partial charge >= 0.3 is 0 Å². The van der Waals surface area contributed by atoms with Gasteiger partial charge in [-0.05, 0) is 74.9 Å². The molecule has 3 aromatic carbocycles. The molecule has 0 aliphatic carbocycles. The molecule has 37 heavy (non-hydrogen) atoms. The van der Waals surface area contributed by atoms with Gasteiger partial charge in [0.1, 0.15) is 23.2 Å². The smallest absolute Gasteiger partial charge is 0.157 e. The van der Waals surface area contributed by atoms with Crippen LogP contribution in [-0.4, -0.2) is 25.7 Å². The number of ether oxygens (including phenoxy) is 2. The van der Waals surface area contributed by atoms with Gasteiger partial charge in [-0.15, -0.1) is 0 Å². The SMILES string of the molecule is CCCOC(CCCCCCCC[P+](c1ccccc1)(c1ccccc1)c1ccccc1)OCCC.[Cl-]. The van der Waals surface area contributed by atoms with Gasteiger partial charge in [0.25, 0.3) is 0 Å². The van der Waals surface area contributed by atoms with Crippen molar-refractivity contribution in [2.45, 2.75) is 77.9 Å². The van der Waals surface area contributed by atoms with E-state index in [-0.39, 0.29) is 18.7 Å². The van der Waals surface area contributed by atoms with E-state index in [4.69, 9.17) is 9.47 Å². The van der Waals surface area contributed by atoms with E-state index < -0.39 is 7.26 Å². The van der Waals surface area contributed by atoms with Crippen LogP contribution in [0.25, 0.3) is 0 Å². The molecule has 0 aromatic heterocycles. The average Bonchev–Trinajstić information content (AvgIpc) is 2.95. The molecule has 0 saturated heterocycles. The Kier molecular flexibility index (Phi) is 15.8. The Bertz CT molecular complexity index is 832. The van der Waals surface area contributed by atoms with Crippen LogP contribution in [0.15, 0.2) is 91.0 Å². The molecule has 0 unspecified atom stereocenters.